The van der Waals surface area contributed by atoms with Crippen molar-refractivity contribution in [3.8, 4) is 11.3 Å². The molecule has 0 spiro atoms. The van der Waals surface area contributed by atoms with Gasteiger partial charge in [-0.3, -0.25) is 14.8 Å². The number of pyridine rings is 2. The van der Waals surface area contributed by atoms with Crippen LogP contribution in [-0.2, 0) is 6.54 Å². The van der Waals surface area contributed by atoms with Gasteiger partial charge < -0.3 is 10.6 Å². The van der Waals surface area contributed by atoms with Gasteiger partial charge in [0.25, 0.3) is 0 Å². The number of benzene rings is 1. The Hall–Kier alpha value is -3.07. The zero-order valence-electron chi connectivity index (χ0n) is 20.9. The summed E-state index contributed by atoms with van der Waals surface area (Å²) >= 11 is 1.41. The lowest BCUT2D eigenvalue weighted by molar-refractivity contribution is 0.104. The van der Waals surface area contributed by atoms with Gasteiger partial charge in [0.2, 0.25) is 0 Å². The maximum Gasteiger partial charge on any atom is 0.182 e. The van der Waals surface area contributed by atoms with Crippen LogP contribution in [0.25, 0.3) is 21.6 Å². The first-order valence-corrected chi connectivity index (χ1v) is 13.0. The molecule has 1 aromatic carbocycles. The quantitative estimate of drug-likeness (QED) is 0.413. The highest BCUT2D eigenvalue weighted by atomic mass is 32.1. The monoisotopic (exact) mass is 487 g/mol. The number of nitrogens with zero attached hydrogens (tertiary/aromatic N) is 6. The maximum absolute atomic E-state index is 6.10. The summed E-state index contributed by atoms with van der Waals surface area (Å²) in [5.41, 5.74) is 12.3. The summed E-state index contributed by atoms with van der Waals surface area (Å²) in [4.78, 5) is 22.2. The molecule has 4 aromatic rings. The molecule has 8 heteroatoms. The SMILES string of the molecule is Cc1ccc(N(C)c2cc(-c3cc(CN4CCN(C(C)C)CC4)ccn3)c3nc(N)sc3n2)cc1. The fourth-order valence-electron chi connectivity index (χ4n) is 4.60. The van der Waals surface area contributed by atoms with Crippen molar-refractivity contribution in [3.05, 3.63) is 59.8 Å². The summed E-state index contributed by atoms with van der Waals surface area (Å²) in [5.74, 6) is 0.844. The van der Waals surface area contributed by atoms with E-state index in [-0.39, 0.29) is 0 Å². The van der Waals surface area contributed by atoms with Gasteiger partial charge in [0.15, 0.2) is 5.13 Å². The Morgan fingerprint density at radius 1 is 1.03 bits per heavy atom. The second kappa shape index (κ2) is 9.89. The van der Waals surface area contributed by atoms with Crippen molar-refractivity contribution >= 4 is 38.3 Å². The van der Waals surface area contributed by atoms with Crippen LogP contribution in [0.5, 0.6) is 0 Å². The van der Waals surface area contributed by atoms with Crippen molar-refractivity contribution in [2.75, 3.05) is 43.9 Å². The van der Waals surface area contributed by atoms with E-state index < -0.39 is 0 Å². The maximum atomic E-state index is 6.10. The van der Waals surface area contributed by atoms with E-state index in [1.165, 1.54) is 22.5 Å². The molecule has 0 atom stereocenters. The van der Waals surface area contributed by atoms with Crippen LogP contribution in [0.2, 0.25) is 0 Å². The third-order valence-electron chi connectivity index (χ3n) is 6.78. The summed E-state index contributed by atoms with van der Waals surface area (Å²) in [6.45, 7) is 12.0. The predicted octanol–water partition coefficient (Wildman–Crippen LogP) is 4.94. The number of fused-ring (bicyclic) bond motifs is 1. The minimum atomic E-state index is 0.517. The van der Waals surface area contributed by atoms with E-state index in [0.717, 1.165) is 65.8 Å². The molecule has 182 valence electrons. The Kier molecular flexibility index (Phi) is 6.69. The van der Waals surface area contributed by atoms with Gasteiger partial charge in [-0.1, -0.05) is 29.0 Å². The first-order chi connectivity index (χ1) is 16.9. The van der Waals surface area contributed by atoms with E-state index in [9.17, 15) is 0 Å². The van der Waals surface area contributed by atoms with Gasteiger partial charge in [-0.2, -0.15) is 0 Å². The molecule has 5 rings (SSSR count). The standard InChI is InChI=1S/C27H33N7S/c1-18(2)34-13-11-33(12-14-34)17-20-9-10-29-23(15-20)22-16-24(30-26-25(22)31-27(28)35-26)32(4)21-7-5-19(3)6-8-21/h5-10,15-16,18H,11-14,17H2,1-4H3,(H2,28,31). The number of rotatable bonds is 6. The summed E-state index contributed by atoms with van der Waals surface area (Å²) in [6, 6.07) is 15.4. The second-order valence-corrected chi connectivity index (χ2v) is 10.6. The molecule has 0 saturated carbocycles. The third-order valence-corrected chi connectivity index (χ3v) is 7.56. The average Bonchev–Trinajstić information content (AvgIpc) is 3.24. The number of aromatic nitrogens is 3. The third kappa shape index (κ3) is 5.15. The van der Waals surface area contributed by atoms with Crippen LogP contribution in [0.3, 0.4) is 0 Å². The number of nitrogen functional groups attached to an aromatic ring is 1. The summed E-state index contributed by atoms with van der Waals surface area (Å²) < 4.78 is 0. The van der Waals surface area contributed by atoms with Gasteiger partial charge in [-0.15, -0.1) is 0 Å². The molecule has 1 aliphatic rings. The van der Waals surface area contributed by atoms with Crippen molar-refractivity contribution in [3.63, 3.8) is 0 Å². The van der Waals surface area contributed by atoms with Gasteiger partial charge in [0.1, 0.15) is 16.2 Å². The molecular weight excluding hydrogens is 454 g/mol. The number of piperazine rings is 1. The van der Waals surface area contributed by atoms with E-state index in [0.29, 0.717) is 11.2 Å². The van der Waals surface area contributed by atoms with E-state index in [1.807, 2.05) is 13.2 Å². The normalized spacial score (nSPS) is 15.2. The lowest BCUT2D eigenvalue weighted by Crippen LogP contribution is -2.48. The molecule has 35 heavy (non-hydrogen) atoms. The second-order valence-electron chi connectivity index (χ2n) is 9.58. The average molecular weight is 488 g/mol. The van der Waals surface area contributed by atoms with Crippen molar-refractivity contribution in [2.24, 2.45) is 0 Å². The number of hydrogen-bond acceptors (Lipinski definition) is 8. The summed E-state index contributed by atoms with van der Waals surface area (Å²) in [7, 11) is 2.04. The number of nitrogens with two attached hydrogens (primary N) is 1. The van der Waals surface area contributed by atoms with Crippen LogP contribution < -0.4 is 10.6 Å². The number of thiazole rings is 1. The highest BCUT2D eigenvalue weighted by molar-refractivity contribution is 7.21. The van der Waals surface area contributed by atoms with Gasteiger partial charge >= 0.3 is 0 Å². The van der Waals surface area contributed by atoms with Crippen LogP contribution in [0.4, 0.5) is 16.6 Å². The molecule has 0 aliphatic carbocycles. The largest absolute Gasteiger partial charge is 0.375 e. The fraction of sp³-hybridized carbons (Fsp3) is 0.370. The highest BCUT2D eigenvalue weighted by Gasteiger charge is 2.20. The lowest BCUT2D eigenvalue weighted by atomic mass is 10.1. The van der Waals surface area contributed by atoms with Crippen molar-refractivity contribution in [1.29, 1.82) is 0 Å². The zero-order chi connectivity index (χ0) is 24.5. The molecule has 2 N–H and O–H groups in total. The topological polar surface area (TPSA) is 74.4 Å². The molecular formula is C27H33N7S. The molecule has 0 amide bonds. The van der Waals surface area contributed by atoms with Crippen LogP contribution in [-0.4, -0.2) is 64.0 Å². The van der Waals surface area contributed by atoms with Gasteiger partial charge in [-0.25, -0.2) is 9.97 Å². The van der Waals surface area contributed by atoms with Crippen LogP contribution in [0.1, 0.15) is 25.0 Å². The van der Waals surface area contributed by atoms with Crippen molar-refractivity contribution in [2.45, 2.75) is 33.4 Å². The van der Waals surface area contributed by atoms with E-state index in [4.69, 9.17) is 15.7 Å². The van der Waals surface area contributed by atoms with E-state index >= 15 is 0 Å². The fourth-order valence-corrected chi connectivity index (χ4v) is 5.32. The molecule has 0 bridgehead atoms. The Bertz CT molecular complexity index is 1310. The number of aryl methyl sites for hydroxylation is 1. The summed E-state index contributed by atoms with van der Waals surface area (Å²) in [6.07, 6.45) is 1.90. The molecule has 0 unspecified atom stereocenters. The highest BCUT2D eigenvalue weighted by Crippen LogP contribution is 2.35. The van der Waals surface area contributed by atoms with Crippen LogP contribution >= 0.6 is 11.3 Å². The van der Waals surface area contributed by atoms with Gasteiger partial charge in [0.05, 0.1) is 5.69 Å². The Morgan fingerprint density at radius 2 is 1.77 bits per heavy atom. The Morgan fingerprint density at radius 3 is 2.49 bits per heavy atom. The lowest BCUT2D eigenvalue weighted by Gasteiger charge is -2.36. The van der Waals surface area contributed by atoms with Gasteiger partial charge in [0, 0.05) is 63.3 Å². The van der Waals surface area contributed by atoms with E-state index in [1.54, 1.807) is 0 Å². The van der Waals surface area contributed by atoms with Gasteiger partial charge in [-0.05, 0) is 56.7 Å². The molecule has 3 aromatic heterocycles. The predicted molar refractivity (Wildman–Crippen MR) is 146 cm³/mol. The number of hydrogen-bond donors (Lipinski definition) is 1. The molecule has 4 heterocycles. The molecule has 7 nitrogen and oxygen atoms in total. The number of anilines is 3. The van der Waals surface area contributed by atoms with Crippen LogP contribution in [0, 0.1) is 6.92 Å². The molecule has 1 aliphatic heterocycles. The smallest absolute Gasteiger partial charge is 0.182 e. The first-order valence-electron chi connectivity index (χ1n) is 12.2. The molecule has 1 saturated heterocycles. The van der Waals surface area contributed by atoms with Crippen molar-refractivity contribution in [1.82, 2.24) is 24.8 Å². The Labute approximate surface area is 211 Å². The van der Waals surface area contributed by atoms with Crippen LogP contribution in [0.15, 0.2) is 48.7 Å². The van der Waals surface area contributed by atoms with Crippen molar-refractivity contribution < 1.29 is 0 Å². The minimum absolute atomic E-state index is 0.517. The van der Waals surface area contributed by atoms with E-state index in [2.05, 4.69) is 82.9 Å². The summed E-state index contributed by atoms with van der Waals surface area (Å²) in [5, 5.41) is 0.517. The molecule has 1 fully saturated rings. The zero-order valence-corrected chi connectivity index (χ0v) is 21.7. The molecule has 0 radical (unpaired) electrons. The minimum Gasteiger partial charge on any atom is -0.375 e. The Balaban J connectivity index is 1.46. The first kappa shape index (κ1) is 23.7.